The Morgan fingerprint density at radius 3 is 2.83 bits per heavy atom. The average Bonchev–Trinajstić information content (AvgIpc) is 2.53. The van der Waals surface area contributed by atoms with E-state index in [9.17, 15) is 19.1 Å². The molecular weight excluding hydrogens is 243 g/mol. The van der Waals surface area contributed by atoms with Gasteiger partial charge in [0.15, 0.2) is 12.1 Å². The predicted molar refractivity (Wildman–Crippen MR) is 58.4 cm³/mol. The normalized spacial score (nSPS) is 23.8. The molecule has 6 nitrogen and oxygen atoms in total. The molecule has 18 heavy (non-hydrogen) atoms. The molecule has 1 fully saturated rings. The topological polar surface area (TPSA) is 78.9 Å². The number of carbonyl (C=O) groups excluding carboxylic acids is 2. The quantitative estimate of drug-likeness (QED) is 0.732. The lowest BCUT2D eigenvalue weighted by Crippen LogP contribution is -2.37. The molecule has 0 aromatic heterocycles. The lowest BCUT2D eigenvalue weighted by molar-refractivity contribution is -0.183. The first kappa shape index (κ1) is 12.5. The molecular formula is C11H11FN2O4. The van der Waals surface area contributed by atoms with Crippen LogP contribution < -0.4 is 5.32 Å². The highest BCUT2D eigenvalue weighted by Crippen LogP contribution is 2.21. The highest BCUT2D eigenvalue weighted by Gasteiger charge is 2.45. The monoisotopic (exact) mass is 254 g/mol. The Morgan fingerprint density at radius 1 is 1.56 bits per heavy atom. The largest absolute Gasteiger partial charge is 0.374 e. The van der Waals surface area contributed by atoms with E-state index in [1.807, 2.05) is 0 Å². The molecule has 96 valence electrons. The number of aliphatic hydroxyl groups is 1. The Hall–Kier alpha value is -1.99. The van der Waals surface area contributed by atoms with Crippen molar-refractivity contribution in [2.45, 2.75) is 6.23 Å². The van der Waals surface area contributed by atoms with Gasteiger partial charge in [0.05, 0.1) is 0 Å². The molecule has 0 bridgehead atoms. The number of carbonyl (C=O) groups is 2. The standard InChI is InChI=1S/C11H11FN2O4/c1-14-10(16)8(11(17)18-14)9(15)13-7-4-2-3-6(12)5-7/h2-5,8,10,16H,1H3,(H,13,15). The van der Waals surface area contributed by atoms with Crippen molar-refractivity contribution < 1.29 is 23.9 Å². The van der Waals surface area contributed by atoms with Crippen LogP contribution in [0.25, 0.3) is 0 Å². The number of rotatable bonds is 2. The molecule has 2 N–H and O–H groups in total. The molecule has 0 radical (unpaired) electrons. The van der Waals surface area contributed by atoms with Crippen LogP contribution in [0, 0.1) is 11.7 Å². The number of hydroxylamine groups is 2. The number of amides is 1. The van der Waals surface area contributed by atoms with Crippen molar-refractivity contribution in [1.82, 2.24) is 5.06 Å². The molecule has 2 unspecified atom stereocenters. The van der Waals surface area contributed by atoms with Gasteiger partial charge in [-0.1, -0.05) is 6.07 Å². The number of anilines is 1. The van der Waals surface area contributed by atoms with Crippen molar-refractivity contribution in [2.24, 2.45) is 5.92 Å². The van der Waals surface area contributed by atoms with Gasteiger partial charge >= 0.3 is 5.97 Å². The summed E-state index contributed by atoms with van der Waals surface area (Å²) in [5, 5.41) is 12.8. The maximum Gasteiger partial charge on any atom is 0.341 e. The number of aliphatic hydroxyl groups excluding tert-OH is 1. The van der Waals surface area contributed by atoms with E-state index in [4.69, 9.17) is 0 Å². The molecule has 1 amide bonds. The van der Waals surface area contributed by atoms with Crippen LogP contribution in [0.15, 0.2) is 24.3 Å². The number of halogens is 1. The molecule has 2 rings (SSSR count). The van der Waals surface area contributed by atoms with Crippen LogP contribution in [0.3, 0.4) is 0 Å². The van der Waals surface area contributed by atoms with Crippen LogP contribution in [0.1, 0.15) is 0 Å². The van der Waals surface area contributed by atoms with Crippen LogP contribution in [0.2, 0.25) is 0 Å². The van der Waals surface area contributed by atoms with E-state index < -0.39 is 29.8 Å². The van der Waals surface area contributed by atoms with Crippen LogP contribution in [-0.4, -0.2) is 35.3 Å². The molecule has 0 saturated carbocycles. The molecule has 0 spiro atoms. The molecule has 7 heteroatoms. The smallest absolute Gasteiger partial charge is 0.341 e. The van der Waals surface area contributed by atoms with Gasteiger partial charge in [-0.2, -0.15) is 0 Å². The zero-order valence-electron chi connectivity index (χ0n) is 9.46. The van der Waals surface area contributed by atoms with E-state index in [2.05, 4.69) is 10.2 Å². The third-order valence-electron chi connectivity index (χ3n) is 2.53. The van der Waals surface area contributed by atoms with E-state index >= 15 is 0 Å². The number of hydrogen-bond donors (Lipinski definition) is 2. The Morgan fingerprint density at radius 2 is 2.28 bits per heavy atom. The van der Waals surface area contributed by atoms with Crippen molar-refractivity contribution in [3.8, 4) is 0 Å². The first-order valence-electron chi connectivity index (χ1n) is 5.18. The van der Waals surface area contributed by atoms with E-state index in [-0.39, 0.29) is 5.69 Å². The van der Waals surface area contributed by atoms with E-state index in [1.54, 1.807) is 0 Å². The Kier molecular flexibility index (Phi) is 3.26. The molecule has 1 aliphatic heterocycles. The van der Waals surface area contributed by atoms with Crippen LogP contribution >= 0.6 is 0 Å². The second kappa shape index (κ2) is 4.71. The number of hydrogen-bond acceptors (Lipinski definition) is 5. The Labute approximate surface area is 102 Å². The van der Waals surface area contributed by atoms with Gasteiger partial charge in [-0.15, -0.1) is 5.06 Å². The summed E-state index contributed by atoms with van der Waals surface area (Å²) in [6.07, 6.45) is -1.36. The van der Waals surface area contributed by atoms with Gasteiger partial charge in [-0.25, -0.2) is 9.18 Å². The highest BCUT2D eigenvalue weighted by molar-refractivity contribution is 6.05. The van der Waals surface area contributed by atoms with Crippen LogP contribution in [0.5, 0.6) is 0 Å². The van der Waals surface area contributed by atoms with E-state index in [0.717, 1.165) is 11.1 Å². The minimum Gasteiger partial charge on any atom is -0.374 e. The van der Waals surface area contributed by atoms with E-state index in [0.29, 0.717) is 0 Å². The van der Waals surface area contributed by atoms with Gasteiger partial charge in [0.1, 0.15) is 5.82 Å². The summed E-state index contributed by atoms with van der Waals surface area (Å²) in [6, 6.07) is 5.22. The Balaban J connectivity index is 2.11. The summed E-state index contributed by atoms with van der Waals surface area (Å²) in [5.41, 5.74) is 0.203. The van der Waals surface area contributed by atoms with Gasteiger partial charge in [-0.3, -0.25) is 4.79 Å². The lowest BCUT2D eigenvalue weighted by Gasteiger charge is -2.13. The first-order chi connectivity index (χ1) is 8.49. The summed E-state index contributed by atoms with van der Waals surface area (Å²) >= 11 is 0. The van der Waals surface area contributed by atoms with Crippen molar-refractivity contribution in [2.75, 3.05) is 12.4 Å². The van der Waals surface area contributed by atoms with Gasteiger partial charge in [0, 0.05) is 12.7 Å². The number of nitrogens with one attached hydrogen (secondary N) is 1. The lowest BCUT2D eigenvalue weighted by atomic mass is 10.1. The highest BCUT2D eigenvalue weighted by atomic mass is 19.1. The third kappa shape index (κ3) is 2.31. The minimum atomic E-state index is -1.36. The van der Waals surface area contributed by atoms with Crippen molar-refractivity contribution >= 4 is 17.6 Å². The zero-order chi connectivity index (χ0) is 13.3. The van der Waals surface area contributed by atoms with E-state index in [1.165, 1.54) is 25.2 Å². The fraction of sp³-hybridized carbons (Fsp3) is 0.273. The molecule has 1 aromatic carbocycles. The van der Waals surface area contributed by atoms with Crippen molar-refractivity contribution in [3.05, 3.63) is 30.1 Å². The second-order valence-corrected chi connectivity index (χ2v) is 3.85. The second-order valence-electron chi connectivity index (χ2n) is 3.85. The number of benzene rings is 1. The summed E-state index contributed by atoms with van der Waals surface area (Å²) < 4.78 is 12.9. The predicted octanol–water partition coefficient (Wildman–Crippen LogP) is 0.102. The van der Waals surface area contributed by atoms with Crippen LogP contribution in [-0.2, 0) is 14.4 Å². The van der Waals surface area contributed by atoms with Crippen molar-refractivity contribution in [1.29, 1.82) is 0 Å². The summed E-state index contributed by atoms with van der Waals surface area (Å²) in [7, 11) is 1.33. The molecule has 1 heterocycles. The fourth-order valence-electron chi connectivity index (χ4n) is 1.61. The van der Waals surface area contributed by atoms with Crippen molar-refractivity contribution in [3.63, 3.8) is 0 Å². The van der Waals surface area contributed by atoms with Gasteiger partial charge in [0.2, 0.25) is 5.91 Å². The first-order valence-corrected chi connectivity index (χ1v) is 5.18. The fourth-order valence-corrected chi connectivity index (χ4v) is 1.61. The van der Waals surface area contributed by atoms with Crippen LogP contribution in [0.4, 0.5) is 10.1 Å². The maximum atomic E-state index is 12.9. The van der Waals surface area contributed by atoms with Gasteiger partial charge in [0.25, 0.3) is 0 Å². The van der Waals surface area contributed by atoms with Gasteiger partial charge in [-0.05, 0) is 18.2 Å². The third-order valence-corrected chi connectivity index (χ3v) is 2.53. The minimum absolute atomic E-state index is 0.203. The number of nitrogens with zero attached hydrogens (tertiary/aromatic N) is 1. The van der Waals surface area contributed by atoms with Gasteiger partial charge < -0.3 is 15.3 Å². The zero-order valence-corrected chi connectivity index (χ0v) is 9.46. The molecule has 1 aliphatic rings. The SMILES string of the molecule is CN1OC(=O)C(C(=O)Nc2cccc(F)c2)C1O. The molecule has 1 saturated heterocycles. The summed E-state index contributed by atoms with van der Waals surface area (Å²) in [6.45, 7) is 0. The molecule has 1 aromatic rings. The molecule has 2 atom stereocenters. The molecule has 0 aliphatic carbocycles. The summed E-state index contributed by atoms with van der Waals surface area (Å²) in [5.74, 6) is -3.46. The average molecular weight is 254 g/mol. The maximum absolute atomic E-state index is 12.9. The Bertz CT molecular complexity index is 494. The summed E-state index contributed by atoms with van der Waals surface area (Å²) in [4.78, 5) is 27.7.